The SMILES string of the molecule is CC(=O)c1ccc(Cn2cccn2)c(=O)n1C.COc1ccc(C(C)(C)C)cc1C.[HH]. The number of ether oxygens (including phenoxy) is 1. The van der Waals surface area contributed by atoms with E-state index in [0.29, 0.717) is 17.8 Å². The third kappa shape index (κ3) is 5.69. The van der Waals surface area contributed by atoms with E-state index in [1.54, 1.807) is 49.4 Å². The van der Waals surface area contributed by atoms with Crippen molar-refractivity contribution in [1.82, 2.24) is 14.3 Å². The second kappa shape index (κ2) is 9.57. The molecule has 0 fully saturated rings. The molecule has 3 aromatic rings. The number of ketones is 1. The van der Waals surface area contributed by atoms with E-state index in [9.17, 15) is 9.59 Å². The maximum atomic E-state index is 12.0. The smallest absolute Gasteiger partial charge is 0.255 e. The number of Topliss-reactive ketones (excluding diaryl/α,β-unsaturated/α-hetero) is 1. The molecule has 0 unspecified atom stereocenters. The Kier molecular flexibility index (Phi) is 7.38. The molecule has 6 heteroatoms. The summed E-state index contributed by atoms with van der Waals surface area (Å²) < 4.78 is 8.26. The molecule has 2 heterocycles. The molecule has 162 valence electrons. The number of carbonyl (C=O) groups excluding carboxylic acids is 1. The third-order valence-corrected chi connectivity index (χ3v) is 4.90. The molecule has 0 N–H and O–H groups in total. The Balaban J connectivity index is 0.000000311. The first-order chi connectivity index (χ1) is 14.0. The van der Waals surface area contributed by atoms with Crippen LogP contribution >= 0.6 is 0 Å². The van der Waals surface area contributed by atoms with Crippen molar-refractivity contribution in [3.05, 3.63) is 81.5 Å². The van der Waals surface area contributed by atoms with Crippen LogP contribution in [0.25, 0.3) is 0 Å². The van der Waals surface area contributed by atoms with Gasteiger partial charge in [0.15, 0.2) is 5.78 Å². The van der Waals surface area contributed by atoms with Crippen LogP contribution in [0.15, 0.2) is 53.6 Å². The topological polar surface area (TPSA) is 66.1 Å². The van der Waals surface area contributed by atoms with E-state index in [1.165, 1.54) is 22.6 Å². The molecular formula is C24H33N3O3. The van der Waals surface area contributed by atoms with E-state index < -0.39 is 0 Å². The fraction of sp³-hybridized carbons (Fsp3) is 0.375. The van der Waals surface area contributed by atoms with E-state index in [2.05, 4.69) is 44.9 Å². The summed E-state index contributed by atoms with van der Waals surface area (Å²) in [5, 5.41) is 4.04. The van der Waals surface area contributed by atoms with Gasteiger partial charge in [0.1, 0.15) is 5.75 Å². The number of hydrogen-bond donors (Lipinski definition) is 0. The molecule has 1 aromatic carbocycles. The number of carbonyl (C=O) groups is 1. The normalized spacial score (nSPS) is 10.9. The molecule has 6 nitrogen and oxygen atoms in total. The van der Waals surface area contributed by atoms with Gasteiger partial charge in [-0.1, -0.05) is 32.9 Å². The predicted octanol–water partition coefficient (Wildman–Crippen LogP) is 4.38. The molecule has 0 saturated heterocycles. The molecule has 0 aliphatic heterocycles. The van der Waals surface area contributed by atoms with E-state index in [-0.39, 0.29) is 18.2 Å². The van der Waals surface area contributed by atoms with Gasteiger partial charge in [-0.15, -0.1) is 0 Å². The molecule has 0 spiro atoms. The van der Waals surface area contributed by atoms with Gasteiger partial charge in [-0.2, -0.15) is 5.10 Å². The maximum Gasteiger partial charge on any atom is 0.255 e. The van der Waals surface area contributed by atoms with Crippen molar-refractivity contribution >= 4 is 5.78 Å². The standard InChI is InChI=1S/C12H13N3O2.C12H18O.H2/c1-9(16)11-5-4-10(12(17)14(11)2)8-15-7-3-6-13-15;1-9-8-10(12(2,3)4)6-7-11(9)13-5;/h3-7H,8H2,1-2H3;6-8H,1-5H3;1H. The lowest BCUT2D eigenvalue weighted by Gasteiger charge is -2.20. The fourth-order valence-electron chi connectivity index (χ4n) is 3.07. The van der Waals surface area contributed by atoms with Crippen molar-refractivity contribution in [2.75, 3.05) is 7.11 Å². The summed E-state index contributed by atoms with van der Waals surface area (Å²) in [6, 6.07) is 11.5. The number of methoxy groups -OCH3 is 1. The molecule has 0 bridgehead atoms. The largest absolute Gasteiger partial charge is 0.496 e. The summed E-state index contributed by atoms with van der Waals surface area (Å²) in [4.78, 5) is 23.3. The minimum Gasteiger partial charge on any atom is -0.496 e. The van der Waals surface area contributed by atoms with E-state index in [4.69, 9.17) is 4.74 Å². The van der Waals surface area contributed by atoms with Crippen molar-refractivity contribution < 1.29 is 11.0 Å². The van der Waals surface area contributed by atoms with Crippen molar-refractivity contribution in [2.24, 2.45) is 7.05 Å². The Morgan fingerprint density at radius 2 is 1.90 bits per heavy atom. The van der Waals surface area contributed by atoms with Crippen LogP contribution in [-0.2, 0) is 19.0 Å². The van der Waals surface area contributed by atoms with Crippen LogP contribution < -0.4 is 10.3 Å². The molecule has 0 aliphatic rings. The third-order valence-electron chi connectivity index (χ3n) is 4.90. The summed E-state index contributed by atoms with van der Waals surface area (Å²) in [5.74, 6) is 0.850. The van der Waals surface area contributed by atoms with E-state index in [0.717, 1.165) is 5.75 Å². The summed E-state index contributed by atoms with van der Waals surface area (Å²) in [6.07, 6.45) is 3.45. The van der Waals surface area contributed by atoms with Crippen LogP contribution in [0.2, 0.25) is 0 Å². The Morgan fingerprint density at radius 3 is 2.40 bits per heavy atom. The van der Waals surface area contributed by atoms with Gasteiger partial charge in [0.25, 0.3) is 5.56 Å². The first kappa shape index (κ1) is 23.1. The van der Waals surface area contributed by atoms with E-state index in [1.807, 2.05) is 6.07 Å². The van der Waals surface area contributed by atoms with Crippen LogP contribution in [-0.4, -0.2) is 27.2 Å². The highest BCUT2D eigenvalue weighted by atomic mass is 16.5. The molecular weight excluding hydrogens is 378 g/mol. The average molecular weight is 412 g/mol. The second-order valence-electron chi connectivity index (χ2n) is 8.30. The van der Waals surface area contributed by atoms with Crippen LogP contribution in [0.3, 0.4) is 0 Å². The van der Waals surface area contributed by atoms with Gasteiger partial charge < -0.3 is 9.30 Å². The zero-order valence-electron chi connectivity index (χ0n) is 18.9. The molecule has 0 saturated carbocycles. The summed E-state index contributed by atoms with van der Waals surface area (Å²) >= 11 is 0. The average Bonchev–Trinajstić information content (AvgIpc) is 3.18. The molecule has 2 aromatic heterocycles. The predicted molar refractivity (Wildman–Crippen MR) is 122 cm³/mol. The molecule has 0 aliphatic carbocycles. The van der Waals surface area contributed by atoms with Crippen molar-refractivity contribution in [3.8, 4) is 5.75 Å². The number of pyridine rings is 1. The van der Waals surface area contributed by atoms with Crippen LogP contribution in [0.5, 0.6) is 5.75 Å². The zero-order chi connectivity index (χ0) is 22.5. The summed E-state index contributed by atoms with van der Waals surface area (Å²) in [7, 11) is 3.31. The minimum absolute atomic E-state index is 0. The van der Waals surface area contributed by atoms with Gasteiger partial charge >= 0.3 is 0 Å². The first-order valence-corrected chi connectivity index (χ1v) is 9.87. The quantitative estimate of drug-likeness (QED) is 0.598. The molecule has 3 rings (SSSR count). The lowest BCUT2D eigenvalue weighted by atomic mass is 9.86. The molecule has 0 atom stereocenters. The Bertz CT molecular complexity index is 1060. The van der Waals surface area contributed by atoms with Gasteiger partial charge in [-0.3, -0.25) is 14.3 Å². The van der Waals surface area contributed by atoms with Gasteiger partial charge in [0.05, 0.1) is 19.3 Å². The monoisotopic (exact) mass is 411 g/mol. The number of aromatic nitrogens is 3. The lowest BCUT2D eigenvalue weighted by molar-refractivity contribution is 0.100. The van der Waals surface area contributed by atoms with Crippen molar-refractivity contribution in [2.45, 2.75) is 46.6 Å². The van der Waals surface area contributed by atoms with Gasteiger partial charge in [-0.05, 0) is 47.7 Å². The van der Waals surface area contributed by atoms with Crippen LogP contribution in [0.4, 0.5) is 0 Å². The number of aryl methyl sites for hydroxylation is 1. The van der Waals surface area contributed by atoms with Gasteiger partial charge in [0.2, 0.25) is 0 Å². The highest BCUT2D eigenvalue weighted by molar-refractivity contribution is 5.92. The second-order valence-corrected chi connectivity index (χ2v) is 8.30. The van der Waals surface area contributed by atoms with E-state index >= 15 is 0 Å². The maximum absolute atomic E-state index is 12.0. The fourth-order valence-corrected chi connectivity index (χ4v) is 3.07. The Morgan fingerprint density at radius 1 is 1.20 bits per heavy atom. The number of benzene rings is 1. The molecule has 30 heavy (non-hydrogen) atoms. The number of rotatable bonds is 4. The van der Waals surface area contributed by atoms with Gasteiger partial charge in [0, 0.05) is 33.4 Å². The number of nitrogens with zero attached hydrogens (tertiary/aromatic N) is 3. The van der Waals surface area contributed by atoms with Crippen LogP contribution in [0.1, 0.15) is 56.3 Å². The van der Waals surface area contributed by atoms with Crippen molar-refractivity contribution in [3.63, 3.8) is 0 Å². The van der Waals surface area contributed by atoms with Crippen molar-refractivity contribution in [1.29, 1.82) is 0 Å². The summed E-state index contributed by atoms with van der Waals surface area (Å²) in [6.45, 7) is 10.6. The number of hydrogen-bond acceptors (Lipinski definition) is 4. The van der Waals surface area contributed by atoms with Gasteiger partial charge in [-0.25, -0.2) is 0 Å². The first-order valence-electron chi connectivity index (χ1n) is 9.87. The molecule has 0 amide bonds. The lowest BCUT2D eigenvalue weighted by Crippen LogP contribution is -2.26. The minimum atomic E-state index is -0.159. The highest BCUT2D eigenvalue weighted by Crippen LogP contribution is 2.27. The van der Waals surface area contributed by atoms with Crippen LogP contribution in [0, 0.1) is 6.92 Å². The zero-order valence-corrected chi connectivity index (χ0v) is 18.9. The Labute approximate surface area is 179 Å². The highest BCUT2D eigenvalue weighted by Gasteiger charge is 2.14. The summed E-state index contributed by atoms with van der Waals surface area (Å²) in [5.41, 5.74) is 3.64. The molecule has 0 radical (unpaired) electrons. The Hall–Kier alpha value is -3.15.